The Labute approximate surface area is 81.1 Å². The Kier molecular flexibility index (Phi) is 1.50. The first-order chi connectivity index (χ1) is 6.77. The normalized spacial score (nSPS) is 30.4. The van der Waals surface area contributed by atoms with Gasteiger partial charge in [0.25, 0.3) is 0 Å². The summed E-state index contributed by atoms with van der Waals surface area (Å²) in [5.41, 5.74) is 0.848. The van der Waals surface area contributed by atoms with Crippen LogP contribution in [0.2, 0.25) is 0 Å². The molecule has 0 aliphatic carbocycles. The van der Waals surface area contributed by atoms with Crippen LogP contribution in [-0.2, 0) is 11.3 Å². The van der Waals surface area contributed by atoms with Crippen LogP contribution in [-0.4, -0.2) is 22.0 Å². The maximum absolute atomic E-state index is 11.5. The molecule has 2 aliphatic rings. The molecule has 1 aromatic rings. The Morgan fingerprint density at radius 3 is 3.29 bits per heavy atom. The lowest BCUT2D eigenvalue weighted by Crippen LogP contribution is -2.40. The molecule has 1 fully saturated rings. The molecule has 3 heterocycles. The molecule has 4 heteroatoms. The zero-order chi connectivity index (χ0) is 9.71. The lowest BCUT2D eigenvalue weighted by atomic mass is 9.97. The van der Waals surface area contributed by atoms with Crippen molar-refractivity contribution in [1.82, 2.24) is 4.90 Å². The molecule has 74 valence electrons. The number of carbonyl (C=O) groups excluding carboxylic acids is 1. The second-order valence-electron chi connectivity index (χ2n) is 3.87. The standard InChI is InChI=1S/C10H11NO3/c12-9-2-1-7-10(13)6-3-4-14-8(6)5-11(7)9/h3-4,7,10,13H,1-2,5H2/t7-,10+/m1/s1. The van der Waals surface area contributed by atoms with E-state index in [1.807, 2.05) is 0 Å². The number of amides is 1. The van der Waals surface area contributed by atoms with Crippen LogP contribution in [0.4, 0.5) is 0 Å². The zero-order valence-electron chi connectivity index (χ0n) is 7.64. The number of furan rings is 1. The first-order valence-electron chi connectivity index (χ1n) is 4.81. The van der Waals surface area contributed by atoms with Crippen LogP contribution in [0.3, 0.4) is 0 Å². The third-order valence-electron chi connectivity index (χ3n) is 3.15. The molecule has 0 spiro atoms. The fraction of sp³-hybridized carbons (Fsp3) is 0.500. The maximum Gasteiger partial charge on any atom is 0.223 e. The van der Waals surface area contributed by atoms with Gasteiger partial charge in [-0.15, -0.1) is 0 Å². The summed E-state index contributed by atoms with van der Waals surface area (Å²) in [5.74, 6) is 0.847. The Morgan fingerprint density at radius 2 is 2.43 bits per heavy atom. The highest BCUT2D eigenvalue weighted by Gasteiger charge is 2.41. The Hall–Kier alpha value is -1.29. The summed E-state index contributed by atoms with van der Waals surface area (Å²) < 4.78 is 5.23. The van der Waals surface area contributed by atoms with Crippen LogP contribution >= 0.6 is 0 Å². The topological polar surface area (TPSA) is 53.7 Å². The maximum atomic E-state index is 11.5. The number of hydrogen-bond acceptors (Lipinski definition) is 3. The van der Waals surface area contributed by atoms with E-state index in [4.69, 9.17) is 4.42 Å². The summed E-state index contributed by atoms with van der Waals surface area (Å²) in [7, 11) is 0. The molecule has 4 nitrogen and oxygen atoms in total. The van der Waals surface area contributed by atoms with Gasteiger partial charge in [0.1, 0.15) is 11.9 Å². The Bertz CT molecular complexity index is 384. The van der Waals surface area contributed by atoms with Crippen molar-refractivity contribution in [3.8, 4) is 0 Å². The number of rotatable bonds is 0. The third-order valence-corrected chi connectivity index (χ3v) is 3.15. The van der Waals surface area contributed by atoms with Crippen LogP contribution < -0.4 is 0 Å². The SMILES string of the molecule is O=C1CC[C@@H]2[C@@H](O)c3ccoc3CN12. The van der Waals surface area contributed by atoms with Gasteiger partial charge in [-0.05, 0) is 12.5 Å². The number of aliphatic hydroxyl groups is 1. The van der Waals surface area contributed by atoms with Gasteiger partial charge in [0.2, 0.25) is 5.91 Å². The predicted octanol–water partition coefficient (Wildman–Crippen LogP) is 0.818. The van der Waals surface area contributed by atoms with Crippen molar-refractivity contribution < 1.29 is 14.3 Å². The van der Waals surface area contributed by atoms with Crippen LogP contribution in [0, 0.1) is 0 Å². The van der Waals surface area contributed by atoms with Crippen LogP contribution in [0.25, 0.3) is 0 Å². The molecule has 1 N–H and O–H groups in total. The second kappa shape index (κ2) is 2.60. The van der Waals surface area contributed by atoms with Crippen LogP contribution in [0.5, 0.6) is 0 Å². The number of carbonyl (C=O) groups is 1. The van der Waals surface area contributed by atoms with E-state index in [2.05, 4.69) is 0 Å². The van der Waals surface area contributed by atoms with Crippen molar-refractivity contribution in [2.75, 3.05) is 0 Å². The first-order valence-corrected chi connectivity index (χ1v) is 4.81. The molecular formula is C10H11NO3. The van der Waals surface area contributed by atoms with Gasteiger partial charge in [0.15, 0.2) is 0 Å². The van der Waals surface area contributed by atoms with Gasteiger partial charge < -0.3 is 14.4 Å². The van der Waals surface area contributed by atoms with Gasteiger partial charge >= 0.3 is 0 Å². The summed E-state index contributed by atoms with van der Waals surface area (Å²) in [4.78, 5) is 13.2. The summed E-state index contributed by atoms with van der Waals surface area (Å²) in [6.07, 6.45) is 2.31. The van der Waals surface area contributed by atoms with E-state index in [0.29, 0.717) is 13.0 Å². The van der Waals surface area contributed by atoms with Gasteiger partial charge in [-0.1, -0.05) is 0 Å². The molecule has 1 saturated heterocycles. The Morgan fingerprint density at radius 1 is 1.57 bits per heavy atom. The highest BCUT2D eigenvalue weighted by molar-refractivity contribution is 5.79. The van der Waals surface area contributed by atoms with Gasteiger partial charge in [-0.3, -0.25) is 4.79 Å². The molecule has 0 radical (unpaired) electrons. The lowest BCUT2D eigenvalue weighted by molar-refractivity contribution is -0.132. The molecule has 2 aliphatic heterocycles. The highest BCUT2D eigenvalue weighted by atomic mass is 16.3. The zero-order valence-corrected chi connectivity index (χ0v) is 7.64. The van der Waals surface area contributed by atoms with E-state index in [9.17, 15) is 9.90 Å². The van der Waals surface area contributed by atoms with Crippen molar-refractivity contribution in [2.24, 2.45) is 0 Å². The molecule has 0 aromatic carbocycles. The van der Waals surface area contributed by atoms with Crippen molar-refractivity contribution in [3.05, 3.63) is 23.7 Å². The van der Waals surface area contributed by atoms with Crippen LogP contribution in [0.15, 0.2) is 16.7 Å². The number of fused-ring (bicyclic) bond motifs is 2. The van der Waals surface area contributed by atoms with Gasteiger partial charge in [-0.2, -0.15) is 0 Å². The van der Waals surface area contributed by atoms with Crippen molar-refractivity contribution >= 4 is 5.91 Å². The molecule has 1 aromatic heterocycles. The average Bonchev–Trinajstić information content (AvgIpc) is 2.75. The minimum absolute atomic E-state index is 0.0346. The third kappa shape index (κ3) is 0.889. The largest absolute Gasteiger partial charge is 0.467 e. The minimum atomic E-state index is -0.566. The predicted molar refractivity (Wildman–Crippen MR) is 47.2 cm³/mol. The molecule has 1 amide bonds. The highest BCUT2D eigenvalue weighted by Crippen LogP contribution is 2.37. The van der Waals surface area contributed by atoms with Crippen molar-refractivity contribution in [2.45, 2.75) is 31.5 Å². The summed E-state index contributed by atoms with van der Waals surface area (Å²) >= 11 is 0. The molecule has 0 bridgehead atoms. The van der Waals surface area contributed by atoms with E-state index in [-0.39, 0.29) is 11.9 Å². The van der Waals surface area contributed by atoms with Crippen molar-refractivity contribution in [3.63, 3.8) is 0 Å². The summed E-state index contributed by atoms with van der Waals surface area (Å²) in [6, 6.07) is 1.76. The second-order valence-corrected chi connectivity index (χ2v) is 3.87. The molecule has 0 saturated carbocycles. The fourth-order valence-corrected chi connectivity index (χ4v) is 2.39. The quantitative estimate of drug-likeness (QED) is 0.663. The van der Waals surface area contributed by atoms with E-state index in [0.717, 1.165) is 17.7 Å². The van der Waals surface area contributed by atoms with E-state index < -0.39 is 6.10 Å². The van der Waals surface area contributed by atoms with Gasteiger partial charge in [-0.25, -0.2) is 0 Å². The number of aliphatic hydroxyl groups excluding tert-OH is 1. The monoisotopic (exact) mass is 193 g/mol. The van der Waals surface area contributed by atoms with E-state index >= 15 is 0 Å². The van der Waals surface area contributed by atoms with Crippen LogP contribution in [0.1, 0.15) is 30.3 Å². The fourth-order valence-electron chi connectivity index (χ4n) is 2.39. The summed E-state index contributed by atoms with van der Waals surface area (Å²) in [6.45, 7) is 0.517. The molecular weight excluding hydrogens is 182 g/mol. The smallest absolute Gasteiger partial charge is 0.223 e. The Balaban J connectivity index is 2.04. The molecule has 14 heavy (non-hydrogen) atoms. The van der Waals surface area contributed by atoms with E-state index in [1.165, 1.54) is 0 Å². The number of nitrogens with zero attached hydrogens (tertiary/aromatic N) is 1. The molecule has 0 unspecified atom stereocenters. The number of hydrogen-bond donors (Lipinski definition) is 1. The van der Waals surface area contributed by atoms with E-state index in [1.54, 1.807) is 17.2 Å². The minimum Gasteiger partial charge on any atom is -0.467 e. The lowest BCUT2D eigenvalue weighted by Gasteiger charge is -2.32. The first kappa shape index (κ1) is 8.05. The molecule has 2 atom stereocenters. The molecule has 3 rings (SSSR count). The van der Waals surface area contributed by atoms with Gasteiger partial charge in [0, 0.05) is 12.0 Å². The summed E-state index contributed by atoms with van der Waals surface area (Å²) in [5, 5.41) is 9.98. The average molecular weight is 193 g/mol. The van der Waals surface area contributed by atoms with Crippen molar-refractivity contribution in [1.29, 1.82) is 0 Å². The van der Waals surface area contributed by atoms with Gasteiger partial charge in [0.05, 0.1) is 18.8 Å².